The van der Waals surface area contributed by atoms with Crippen LogP contribution < -0.4 is 19.5 Å². The van der Waals surface area contributed by atoms with Gasteiger partial charge in [-0.05, 0) is 53.1 Å². The van der Waals surface area contributed by atoms with Crippen molar-refractivity contribution in [1.82, 2.24) is 5.32 Å². The van der Waals surface area contributed by atoms with Gasteiger partial charge in [0.05, 0.1) is 31.2 Å². The molecule has 1 amide bonds. The van der Waals surface area contributed by atoms with Crippen LogP contribution in [0.2, 0.25) is 0 Å². The van der Waals surface area contributed by atoms with Crippen LogP contribution in [0.25, 0.3) is 11.1 Å². The largest absolute Gasteiger partial charge is 0.493 e. The molecule has 1 aliphatic rings. The number of sulfone groups is 1. The Morgan fingerprint density at radius 2 is 1.76 bits per heavy atom. The Morgan fingerprint density at radius 3 is 2.42 bits per heavy atom. The third-order valence-electron chi connectivity index (χ3n) is 5.56. The molecule has 0 spiro atoms. The highest BCUT2D eigenvalue weighted by Crippen LogP contribution is 2.34. The Bertz CT molecular complexity index is 1280. The molecule has 1 heterocycles. The first kappa shape index (κ1) is 22.7. The molecule has 1 aliphatic heterocycles. The average Bonchev–Trinajstić information content (AvgIpc) is 3.23. The van der Waals surface area contributed by atoms with E-state index in [1.165, 1.54) is 20.5 Å². The maximum atomic E-state index is 12.7. The van der Waals surface area contributed by atoms with Crippen molar-refractivity contribution in [3.05, 3.63) is 71.8 Å². The highest BCUT2D eigenvalue weighted by molar-refractivity contribution is 7.90. The zero-order valence-corrected chi connectivity index (χ0v) is 19.4. The molecule has 172 valence electrons. The summed E-state index contributed by atoms with van der Waals surface area (Å²) in [6.07, 6.45) is 1.65. The molecule has 33 heavy (non-hydrogen) atoms. The minimum absolute atomic E-state index is 0.191. The van der Waals surface area contributed by atoms with Gasteiger partial charge in [0.25, 0.3) is 5.91 Å². The van der Waals surface area contributed by atoms with E-state index in [0.29, 0.717) is 34.9 Å². The Morgan fingerprint density at radius 1 is 1.03 bits per heavy atom. The van der Waals surface area contributed by atoms with Crippen LogP contribution in [0.15, 0.2) is 65.6 Å². The Hall–Kier alpha value is -3.52. The molecule has 0 aromatic heterocycles. The molecule has 1 atom stereocenters. The molecule has 0 fully saturated rings. The van der Waals surface area contributed by atoms with E-state index in [1.54, 1.807) is 42.5 Å². The predicted molar refractivity (Wildman–Crippen MR) is 125 cm³/mol. The number of ether oxygens (including phenoxy) is 3. The third-order valence-corrected chi connectivity index (χ3v) is 6.68. The molecule has 0 bridgehead atoms. The Kier molecular flexibility index (Phi) is 6.29. The molecule has 7 nitrogen and oxygen atoms in total. The van der Waals surface area contributed by atoms with E-state index in [0.717, 1.165) is 22.4 Å². The van der Waals surface area contributed by atoms with Gasteiger partial charge in [-0.2, -0.15) is 0 Å². The first-order chi connectivity index (χ1) is 15.8. The minimum atomic E-state index is -3.23. The molecule has 1 unspecified atom stereocenters. The van der Waals surface area contributed by atoms with Crippen molar-refractivity contribution in [2.75, 3.05) is 27.0 Å². The zero-order valence-electron chi connectivity index (χ0n) is 18.6. The molecule has 3 aromatic carbocycles. The lowest BCUT2D eigenvalue weighted by molar-refractivity contribution is 0.0930. The molecule has 0 saturated heterocycles. The maximum Gasteiger partial charge on any atom is 0.255 e. The monoisotopic (exact) mass is 467 g/mol. The number of carbonyl (C=O) groups excluding carboxylic acids is 1. The van der Waals surface area contributed by atoms with Crippen LogP contribution in [-0.4, -0.2) is 47.4 Å². The van der Waals surface area contributed by atoms with Gasteiger partial charge < -0.3 is 19.5 Å². The van der Waals surface area contributed by atoms with Crippen molar-refractivity contribution >= 4 is 15.7 Å². The number of amides is 1. The van der Waals surface area contributed by atoms with E-state index < -0.39 is 9.84 Å². The van der Waals surface area contributed by atoms with Gasteiger partial charge >= 0.3 is 0 Å². The third kappa shape index (κ3) is 4.80. The molecule has 8 heteroatoms. The smallest absolute Gasteiger partial charge is 0.255 e. The maximum absolute atomic E-state index is 12.7. The molecule has 3 aromatic rings. The lowest BCUT2D eigenvalue weighted by Crippen LogP contribution is -2.34. The fraction of sp³-hybridized carbons (Fsp3) is 0.240. The van der Waals surface area contributed by atoms with Crippen LogP contribution in [0.5, 0.6) is 17.2 Å². The summed E-state index contributed by atoms with van der Waals surface area (Å²) < 4.78 is 40.0. The summed E-state index contributed by atoms with van der Waals surface area (Å²) >= 11 is 0. The van der Waals surface area contributed by atoms with Gasteiger partial charge in [-0.1, -0.05) is 24.3 Å². The standard InChI is InChI=1S/C25H25NO6S/c1-30-23-6-4-5-21(24(23)31-2)25(27)26-15-19-14-18-13-17(9-12-22(18)32-19)16-7-10-20(11-8-16)33(3,28)29/h4-13,19H,14-15H2,1-3H3,(H,26,27). The predicted octanol–water partition coefficient (Wildman–Crippen LogP) is 3.51. The van der Waals surface area contributed by atoms with E-state index in [-0.39, 0.29) is 12.0 Å². The van der Waals surface area contributed by atoms with Gasteiger partial charge in [0.15, 0.2) is 21.3 Å². The van der Waals surface area contributed by atoms with Crippen molar-refractivity contribution in [2.45, 2.75) is 17.4 Å². The number of para-hydroxylation sites is 1. The summed E-state index contributed by atoms with van der Waals surface area (Å²) in [6.45, 7) is 0.340. The van der Waals surface area contributed by atoms with Crippen LogP contribution in [0.3, 0.4) is 0 Å². The second-order valence-corrected chi connectivity index (χ2v) is 9.83. The number of methoxy groups -OCH3 is 2. The van der Waals surface area contributed by atoms with E-state index in [9.17, 15) is 13.2 Å². The Balaban J connectivity index is 1.43. The van der Waals surface area contributed by atoms with Crippen LogP contribution in [-0.2, 0) is 16.3 Å². The number of fused-ring (bicyclic) bond motifs is 1. The van der Waals surface area contributed by atoms with E-state index in [4.69, 9.17) is 14.2 Å². The molecule has 4 rings (SSSR count). The highest BCUT2D eigenvalue weighted by atomic mass is 32.2. The van der Waals surface area contributed by atoms with Crippen molar-refractivity contribution < 1.29 is 27.4 Å². The van der Waals surface area contributed by atoms with E-state index in [2.05, 4.69) is 5.32 Å². The summed E-state index contributed by atoms with van der Waals surface area (Å²) in [7, 11) is -0.207. The second kappa shape index (κ2) is 9.15. The first-order valence-electron chi connectivity index (χ1n) is 10.4. The molecule has 0 radical (unpaired) electrons. The lowest BCUT2D eigenvalue weighted by atomic mass is 10.0. The number of carbonyl (C=O) groups is 1. The van der Waals surface area contributed by atoms with Crippen LogP contribution >= 0.6 is 0 Å². The molecule has 0 aliphatic carbocycles. The zero-order chi connectivity index (χ0) is 23.6. The lowest BCUT2D eigenvalue weighted by Gasteiger charge is -2.15. The number of benzene rings is 3. The van der Waals surface area contributed by atoms with Crippen LogP contribution in [0.1, 0.15) is 15.9 Å². The summed E-state index contributed by atoms with van der Waals surface area (Å²) in [5, 5.41) is 2.91. The molecular weight excluding hydrogens is 442 g/mol. The van der Waals surface area contributed by atoms with Crippen molar-refractivity contribution in [2.24, 2.45) is 0 Å². The van der Waals surface area contributed by atoms with Crippen LogP contribution in [0.4, 0.5) is 0 Å². The van der Waals surface area contributed by atoms with Gasteiger partial charge in [-0.15, -0.1) is 0 Å². The van der Waals surface area contributed by atoms with Gasteiger partial charge in [0, 0.05) is 12.7 Å². The SMILES string of the molecule is COc1cccc(C(=O)NCC2Cc3cc(-c4ccc(S(C)(=O)=O)cc4)ccc3O2)c1OC. The van der Waals surface area contributed by atoms with Crippen molar-refractivity contribution in [1.29, 1.82) is 0 Å². The fourth-order valence-electron chi connectivity index (χ4n) is 3.88. The van der Waals surface area contributed by atoms with E-state index >= 15 is 0 Å². The summed E-state index contributed by atoms with van der Waals surface area (Å²) in [6, 6.07) is 17.9. The van der Waals surface area contributed by atoms with Gasteiger partial charge in [0.2, 0.25) is 0 Å². The van der Waals surface area contributed by atoms with Crippen molar-refractivity contribution in [3.63, 3.8) is 0 Å². The van der Waals surface area contributed by atoms with Crippen LogP contribution in [0, 0.1) is 0 Å². The summed E-state index contributed by atoms with van der Waals surface area (Å²) in [4.78, 5) is 13.0. The molecule has 0 saturated carbocycles. The number of hydrogen-bond acceptors (Lipinski definition) is 6. The first-order valence-corrected chi connectivity index (χ1v) is 12.3. The van der Waals surface area contributed by atoms with Gasteiger partial charge in [-0.3, -0.25) is 4.79 Å². The number of nitrogens with one attached hydrogen (secondary N) is 1. The fourth-order valence-corrected chi connectivity index (χ4v) is 4.51. The topological polar surface area (TPSA) is 90.9 Å². The van der Waals surface area contributed by atoms with Crippen molar-refractivity contribution in [3.8, 4) is 28.4 Å². The molecule has 1 N–H and O–H groups in total. The quantitative estimate of drug-likeness (QED) is 0.572. The normalized spacial score (nSPS) is 14.8. The average molecular weight is 468 g/mol. The van der Waals surface area contributed by atoms with Gasteiger partial charge in [0.1, 0.15) is 11.9 Å². The molecular formula is C25H25NO6S. The summed E-state index contributed by atoms with van der Waals surface area (Å²) in [5.41, 5.74) is 3.33. The number of rotatable bonds is 7. The second-order valence-electron chi connectivity index (χ2n) is 7.81. The minimum Gasteiger partial charge on any atom is -0.493 e. The highest BCUT2D eigenvalue weighted by Gasteiger charge is 2.25. The summed E-state index contributed by atoms with van der Waals surface area (Å²) in [5.74, 6) is 1.40. The van der Waals surface area contributed by atoms with Gasteiger partial charge in [-0.25, -0.2) is 8.42 Å². The Labute approximate surface area is 193 Å². The van der Waals surface area contributed by atoms with E-state index in [1.807, 2.05) is 18.2 Å². The number of hydrogen-bond donors (Lipinski definition) is 1.